The van der Waals surface area contributed by atoms with Gasteiger partial charge in [0.2, 0.25) is 0 Å². The van der Waals surface area contributed by atoms with E-state index in [2.05, 4.69) is 15.4 Å². The third-order valence-electron chi connectivity index (χ3n) is 3.91. The van der Waals surface area contributed by atoms with Crippen LogP contribution in [-0.2, 0) is 9.47 Å². The van der Waals surface area contributed by atoms with Crippen LogP contribution in [0.3, 0.4) is 0 Å². The number of ether oxygens (including phenoxy) is 2. The number of alkyl carbamates (subject to hydrolysis) is 1. The van der Waals surface area contributed by atoms with Crippen molar-refractivity contribution in [2.75, 3.05) is 33.4 Å². The second kappa shape index (κ2) is 8.79. The monoisotopic (exact) mass is 328 g/mol. The van der Waals surface area contributed by atoms with Crippen molar-refractivity contribution in [2.45, 2.75) is 18.9 Å². The molecule has 1 fully saturated rings. The second-order valence-corrected chi connectivity index (χ2v) is 5.46. The van der Waals surface area contributed by atoms with Crippen LogP contribution in [0.4, 0.5) is 13.6 Å². The average molecular weight is 328 g/mol. The van der Waals surface area contributed by atoms with Crippen molar-refractivity contribution in [3.8, 4) is 0 Å². The lowest BCUT2D eigenvalue weighted by Gasteiger charge is -2.31. The summed E-state index contributed by atoms with van der Waals surface area (Å²) in [6, 6.07) is 4.12. The van der Waals surface area contributed by atoms with Gasteiger partial charge in [0.05, 0.1) is 19.8 Å². The zero-order chi connectivity index (χ0) is 16.7. The van der Waals surface area contributed by atoms with E-state index in [4.69, 9.17) is 4.74 Å². The lowest BCUT2D eigenvalue weighted by molar-refractivity contribution is 0.00221. The van der Waals surface area contributed by atoms with E-state index in [-0.39, 0.29) is 24.6 Å². The highest BCUT2D eigenvalue weighted by molar-refractivity contribution is 5.66. The van der Waals surface area contributed by atoms with E-state index in [1.54, 1.807) is 6.07 Å². The molecule has 1 aromatic rings. The highest BCUT2D eigenvalue weighted by atomic mass is 19.2. The number of hydrogen-bond acceptors (Lipinski definition) is 4. The Morgan fingerprint density at radius 1 is 1.48 bits per heavy atom. The summed E-state index contributed by atoms with van der Waals surface area (Å²) in [6.45, 7) is 2.02. The molecule has 1 aliphatic rings. The fourth-order valence-corrected chi connectivity index (χ4v) is 2.77. The summed E-state index contributed by atoms with van der Waals surface area (Å²) in [5.74, 6) is -1.70. The van der Waals surface area contributed by atoms with Gasteiger partial charge in [-0.3, -0.25) is 0 Å². The molecule has 1 aliphatic heterocycles. The van der Waals surface area contributed by atoms with E-state index in [9.17, 15) is 13.6 Å². The summed E-state index contributed by atoms with van der Waals surface area (Å²) in [6.07, 6.45) is 0.722. The van der Waals surface area contributed by atoms with Crippen LogP contribution in [0.15, 0.2) is 18.2 Å². The molecule has 1 heterocycles. The fourth-order valence-electron chi connectivity index (χ4n) is 2.77. The molecule has 1 aromatic carbocycles. The summed E-state index contributed by atoms with van der Waals surface area (Å²) in [5, 5.41) is 5.75. The van der Waals surface area contributed by atoms with E-state index in [1.165, 1.54) is 13.2 Å². The third kappa shape index (κ3) is 4.87. The molecule has 23 heavy (non-hydrogen) atoms. The van der Waals surface area contributed by atoms with Gasteiger partial charge < -0.3 is 20.1 Å². The number of nitrogens with one attached hydrogen (secondary N) is 2. The molecular weight excluding hydrogens is 306 g/mol. The van der Waals surface area contributed by atoms with Crippen LogP contribution in [0.25, 0.3) is 0 Å². The maximum atomic E-state index is 14.1. The van der Waals surface area contributed by atoms with Gasteiger partial charge >= 0.3 is 6.09 Å². The predicted molar refractivity (Wildman–Crippen MR) is 81.1 cm³/mol. The predicted octanol–water partition coefficient (Wildman–Crippen LogP) is 2.38. The molecule has 1 amide bonds. The van der Waals surface area contributed by atoms with E-state index in [0.717, 1.165) is 25.5 Å². The number of halogens is 2. The number of carbonyl (C=O) groups is 1. The summed E-state index contributed by atoms with van der Waals surface area (Å²) >= 11 is 0. The molecule has 128 valence electrons. The molecule has 7 heteroatoms. The van der Waals surface area contributed by atoms with Gasteiger partial charge in [-0.05, 0) is 25.5 Å². The van der Waals surface area contributed by atoms with Gasteiger partial charge in [0, 0.05) is 24.6 Å². The lowest BCUT2D eigenvalue weighted by Crippen LogP contribution is -2.35. The summed E-state index contributed by atoms with van der Waals surface area (Å²) < 4.78 is 37.9. The molecule has 2 rings (SSSR count). The van der Waals surface area contributed by atoms with Gasteiger partial charge in [0.25, 0.3) is 0 Å². The van der Waals surface area contributed by atoms with Gasteiger partial charge in [0.15, 0.2) is 11.6 Å². The molecule has 1 saturated heterocycles. The van der Waals surface area contributed by atoms with Crippen LogP contribution in [0.2, 0.25) is 0 Å². The Morgan fingerprint density at radius 3 is 3.00 bits per heavy atom. The van der Waals surface area contributed by atoms with E-state index in [1.807, 2.05) is 0 Å². The van der Waals surface area contributed by atoms with Gasteiger partial charge in [-0.25, -0.2) is 13.6 Å². The SMILES string of the molecule is COC(=O)NCCO[C@@H](c1cccc(F)c1F)[C@@H]1CCCNC1. The molecule has 5 nitrogen and oxygen atoms in total. The van der Waals surface area contributed by atoms with Crippen molar-refractivity contribution in [1.82, 2.24) is 10.6 Å². The molecule has 0 radical (unpaired) electrons. The molecule has 2 atom stereocenters. The molecule has 0 aliphatic carbocycles. The Hall–Kier alpha value is -1.73. The normalized spacial score (nSPS) is 19.2. The zero-order valence-electron chi connectivity index (χ0n) is 13.1. The summed E-state index contributed by atoms with van der Waals surface area (Å²) in [4.78, 5) is 11.0. The first-order valence-corrected chi connectivity index (χ1v) is 7.71. The number of benzene rings is 1. The van der Waals surface area contributed by atoms with E-state index in [0.29, 0.717) is 6.54 Å². The minimum Gasteiger partial charge on any atom is -0.453 e. The zero-order valence-corrected chi connectivity index (χ0v) is 13.1. The number of amides is 1. The highest BCUT2D eigenvalue weighted by Crippen LogP contribution is 2.32. The van der Waals surface area contributed by atoms with Crippen LogP contribution < -0.4 is 10.6 Å². The van der Waals surface area contributed by atoms with Crippen molar-refractivity contribution in [1.29, 1.82) is 0 Å². The Labute approximate surface area is 134 Å². The summed E-state index contributed by atoms with van der Waals surface area (Å²) in [5.41, 5.74) is 0.219. The molecule has 0 aromatic heterocycles. The largest absolute Gasteiger partial charge is 0.453 e. The molecule has 0 spiro atoms. The minimum absolute atomic E-state index is 0.0539. The van der Waals surface area contributed by atoms with Gasteiger partial charge in [-0.2, -0.15) is 0 Å². The van der Waals surface area contributed by atoms with Crippen molar-refractivity contribution >= 4 is 6.09 Å². The van der Waals surface area contributed by atoms with E-state index < -0.39 is 23.8 Å². The molecule has 0 saturated carbocycles. The molecular formula is C16H22F2N2O3. The van der Waals surface area contributed by atoms with Crippen LogP contribution >= 0.6 is 0 Å². The van der Waals surface area contributed by atoms with E-state index >= 15 is 0 Å². The van der Waals surface area contributed by atoms with Crippen molar-refractivity contribution in [2.24, 2.45) is 5.92 Å². The van der Waals surface area contributed by atoms with Crippen LogP contribution in [0.5, 0.6) is 0 Å². The fraction of sp³-hybridized carbons (Fsp3) is 0.562. The number of rotatable bonds is 6. The summed E-state index contributed by atoms with van der Waals surface area (Å²) in [7, 11) is 1.27. The maximum Gasteiger partial charge on any atom is 0.406 e. The lowest BCUT2D eigenvalue weighted by atomic mass is 9.89. The molecule has 0 unspecified atom stereocenters. The average Bonchev–Trinajstić information content (AvgIpc) is 2.58. The van der Waals surface area contributed by atoms with Crippen LogP contribution in [-0.4, -0.2) is 39.4 Å². The van der Waals surface area contributed by atoms with Gasteiger partial charge in [0.1, 0.15) is 0 Å². The van der Waals surface area contributed by atoms with Gasteiger partial charge in [-0.1, -0.05) is 12.1 Å². The smallest absolute Gasteiger partial charge is 0.406 e. The van der Waals surface area contributed by atoms with Gasteiger partial charge in [-0.15, -0.1) is 0 Å². The standard InChI is InChI=1S/C16H22F2N2O3/c1-22-16(21)20-8-9-23-15(11-4-3-7-19-10-11)12-5-2-6-13(17)14(12)18/h2,5-6,11,15,19H,3-4,7-10H2,1H3,(H,20,21)/t11-,15-/m1/s1. The Morgan fingerprint density at radius 2 is 2.30 bits per heavy atom. The van der Waals surface area contributed by atoms with Crippen molar-refractivity contribution < 1.29 is 23.0 Å². The maximum absolute atomic E-state index is 14.1. The topological polar surface area (TPSA) is 59.6 Å². The Kier molecular flexibility index (Phi) is 6.73. The Bertz CT molecular complexity index is 522. The number of methoxy groups -OCH3 is 1. The van der Waals surface area contributed by atoms with Crippen LogP contribution in [0, 0.1) is 17.6 Å². The number of carbonyl (C=O) groups excluding carboxylic acids is 1. The quantitative estimate of drug-likeness (QED) is 0.787. The Balaban J connectivity index is 2.05. The second-order valence-electron chi connectivity index (χ2n) is 5.46. The van der Waals surface area contributed by atoms with Crippen molar-refractivity contribution in [3.05, 3.63) is 35.4 Å². The number of piperidine rings is 1. The third-order valence-corrected chi connectivity index (χ3v) is 3.91. The van der Waals surface area contributed by atoms with Crippen molar-refractivity contribution in [3.63, 3.8) is 0 Å². The first-order chi connectivity index (χ1) is 11.1. The highest BCUT2D eigenvalue weighted by Gasteiger charge is 2.28. The first kappa shape index (κ1) is 17.6. The minimum atomic E-state index is -0.882. The number of hydrogen-bond donors (Lipinski definition) is 2. The molecule has 2 N–H and O–H groups in total. The van der Waals surface area contributed by atoms with Crippen LogP contribution in [0.1, 0.15) is 24.5 Å². The first-order valence-electron chi connectivity index (χ1n) is 7.71. The molecule has 0 bridgehead atoms.